The lowest BCUT2D eigenvalue weighted by Crippen LogP contribution is -2.07. The summed E-state index contributed by atoms with van der Waals surface area (Å²) < 4.78 is 0. The van der Waals surface area contributed by atoms with Gasteiger partial charge in [0.1, 0.15) is 0 Å². The van der Waals surface area contributed by atoms with E-state index in [9.17, 15) is 0 Å². The highest BCUT2D eigenvalue weighted by Crippen LogP contribution is 2.70. The molecule has 0 amide bonds. The minimum absolute atomic E-state index is 0.761. The van der Waals surface area contributed by atoms with Gasteiger partial charge in [-0.3, -0.25) is 0 Å². The minimum atomic E-state index is 0.761. The van der Waals surface area contributed by atoms with E-state index in [1.54, 1.807) is 6.42 Å². The van der Waals surface area contributed by atoms with Crippen LogP contribution in [0.25, 0.3) is 0 Å². The summed E-state index contributed by atoms with van der Waals surface area (Å²) in [6, 6.07) is 0. The summed E-state index contributed by atoms with van der Waals surface area (Å²) in [4.78, 5) is 0. The lowest BCUT2D eigenvalue weighted by atomic mass is 9.91. The fraction of sp³-hybridized carbons (Fsp3) is 1.00. The molecular weight excluding hydrogens is 240 g/mol. The van der Waals surface area contributed by atoms with Crippen LogP contribution in [0.5, 0.6) is 0 Å². The van der Waals surface area contributed by atoms with Crippen molar-refractivity contribution in [2.75, 3.05) is 0 Å². The summed E-state index contributed by atoms with van der Waals surface area (Å²) >= 11 is 0. The Morgan fingerprint density at radius 2 is 1.80 bits per heavy atom. The van der Waals surface area contributed by atoms with Crippen molar-refractivity contribution in [1.29, 1.82) is 0 Å². The predicted molar refractivity (Wildman–Crippen MR) is 89.8 cm³/mol. The summed E-state index contributed by atoms with van der Waals surface area (Å²) in [5.74, 6) is 5.13. The third-order valence-corrected chi connectivity index (χ3v) is 6.56. The largest absolute Gasteiger partial charge is 0.0654 e. The summed E-state index contributed by atoms with van der Waals surface area (Å²) in [6.07, 6.45) is 13.3. The maximum absolute atomic E-state index is 2.59. The first-order valence-electron chi connectivity index (χ1n) is 9.49. The molecule has 20 heavy (non-hydrogen) atoms. The number of unbranched alkanes of at least 4 members (excludes halogenated alkanes) is 3. The van der Waals surface area contributed by atoms with Gasteiger partial charge in [-0.1, -0.05) is 73.1 Å². The molecule has 5 atom stereocenters. The monoisotopic (exact) mass is 278 g/mol. The van der Waals surface area contributed by atoms with E-state index in [2.05, 4.69) is 34.6 Å². The first-order valence-corrected chi connectivity index (χ1v) is 9.49. The lowest BCUT2D eigenvalue weighted by Gasteiger charge is -2.15. The van der Waals surface area contributed by atoms with E-state index in [0.717, 1.165) is 35.0 Å². The Morgan fingerprint density at radius 1 is 1.05 bits per heavy atom. The SMILES string of the molecule is CCCCCCC(C)CCC1CC1(C)C1CC1C(C)C. The van der Waals surface area contributed by atoms with Gasteiger partial charge < -0.3 is 0 Å². The lowest BCUT2D eigenvalue weighted by molar-refractivity contribution is 0.349. The van der Waals surface area contributed by atoms with Gasteiger partial charge >= 0.3 is 0 Å². The van der Waals surface area contributed by atoms with Gasteiger partial charge in [0.05, 0.1) is 0 Å². The van der Waals surface area contributed by atoms with Crippen LogP contribution >= 0.6 is 0 Å². The van der Waals surface area contributed by atoms with Crippen LogP contribution in [-0.2, 0) is 0 Å². The Balaban J connectivity index is 1.57. The molecule has 2 aliphatic rings. The van der Waals surface area contributed by atoms with Crippen molar-refractivity contribution in [2.24, 2.45) is 35.0 Å². The first-order chi connectivity index (χ1) is 9.49. The Labute approximate surface area is 128 Å². The molecule has 0 aliphatic heterocycles. The molecule has 0 bridgehead atoms. The van der Waals surface area contributed by atoms with Crippen LogP contribution in [0, 0.1) is 35.0 Å². The van der Waals surface area contributed by atoms with Crippen LogP contribution < -0.4 is 0 Å². The molecule has 5 unspecified atom stereocenters. The highest BCUT2D eigenvalue weighted by atomic mass is 14.7. The zero-order valence-electron chi connectivity index (χ0n) is 14.8. The van der Waals surface area contributed by atoms with Crippen LogP contribution in [0.3, 0.4) is 0 Å². The van der Waals surface area contributed by atoms with E-state index in [-0.39, 0.29) is 0 Å². The quantitative estimate of drug-likeness (QED) is 0.390. The topological polar surface area (TPSA) is 0 Å². The van der Waals surface area contributed by atoms with Gasteiger partial charge in [-0.2, -0.15) is 0 Å². The summed E-state index contributed by atoms with van der Waals surface area (Å²) in [5, 5.41) is 0. The third-order valence-electron chi connectivity index (χ3n) is 6.56. The average Bonchev–Trinajstić information content (AvgIpc) is 3.27. The van der Waals surface area contributed by atoms with Crippen molar-refractivity contribution in [2.45, 2.75) is 92.4 Å². The molecule has 0 radical (unpaired) electrons. The van der Waals surface area contributed by atoms with Gasteiger partial charge in [0.25, 0.3) is 0 Å². The van der Waals surface area contributed by atoms with Gasteiger partial charge in [0.15, 0.2) is 0 Å². The Bertz CT molecular complexity index is 292. The van der Waals surface area contributed by atoms with Gasteiger partial charge in [-0.15, -0.1) is 0 Å². The maximum Gasteiger partial charge on any atom is -0.0263 e. The molecule has 0 heteroatoms. The van der Waals surface area contributed by atoms with E-state index in [4.69, 9.17) is 0 Å². The Kier molecular flexibility index (Phi) is 5.60. The molecule has 0 N–H and O–H groups in total. The molecule has 0 aromatic rings. The van der Waals surface area contributed by atoms with Crippen LogP contribution in [-0.4, -0.2) is 0 Å². The van der Waals surface area contributed by atoms with E-state index in [1.165, 1.54) is 51.4 Å². The van der Waals surface area contributed by atoms with Crippen LogP contribution in [0.15, 0.2) is 0 Å². The molecule has 2 fully saturated rings. The van der Waals surface area contributed by atoms with Gasteiger partial charge in [0.2, 0.25) is 0 Å². The summed E-state index contributed by atoms with van der Waals surface area (Å²) in [7, 11) is 0. The second kappa shape index (κ2) is 6.84. The predicted octanol–water partition coefficient (Wildman–Crippen LogP) is 6.69. The highest BCUT2D eigenvalue weighted by Gasteiger charge is 2.62. The standard InChI is InChI=1S/C20H38/c1-6-7-8-9-10-16(4)11-12-17-14-20(17,5)19-13-18(19)15(2)3/h15-19H,6-14H2,1-5H3. The summed E-state index contributed by atoms with van der Waals surface area (Å²) in [5.41, 5.74) is 0.761. The second-order valence-electron chi connectivity index (χ2n) is 8.69. The molecular formula is C20H38. The first kappa shape index (κ1) is 16.4. The van der Waals surface area contributed by atoms with Crippen molar-refractivity contribution < 1.29 is 0 Å². The van der Waals surface area contributed by atoms with Crippen LogP contribution in [0.2, 0.25) is 0 Å². The number of hydrogen-bond donors (Lipinski definition) is 0. The molecule has 0 heterocycles. The zero-order chi connectivity index (χ0) is 14.8. The third kappa shape index (κ3) is 4.01. The van der Waals surface area contributed by atoms with Crippen molar-refractivity contribution >= 4 is 0 Å². The van der Waals surface area contributed by atoms with Crippen molar-refractivity contribution in [3.05, 3.63) is 0 Å². The van der Waals surface area contributed by atoms with Gasteiger partial charge in [-0.25, -0.2) is 0 Å². The molecule has 2 aliphatic carbocycles. The smallest absolute Gasteiger partial charge is 0.0263 e. The van der Waals surface area contributed by atoms with Gasteiger partial charge in [0, 0.05) is 0 Å². The molecule has 2 saturated carbocycles. The maximum atomic E-state index is 2.59. The molecule has 0 aromatic carbocycles. The van der Waals surface area contributed by atoms with Crippen molar-refractivity contribution in [1.82, 2.24) is 0 Å². The fourth-order valence-electron chi connectivity index (χ4n) is 4.62. The van der Waals surface area contributed by atoms with Gasteiger partial charge in [-0.05, 0) is 54.3 Å². The van der Waals surface area contributed by atoms with Crippen molar-refractivity contribution in [3.8, 4) is 0 Å². The minimum Gasteiger partial charge on any atom is -0.0654 e. The fourth-order valence-corrected chi connectivity index (χ4v) is 4.62. The Hall–Kier alpha value is 0. The van der Waals surface area contributed by atoms with E-state index < -0.39 is 0 Å². The Morgan fingerprint density at radius 3 is 2.40 bits per heavy atom. The molecule has 0 aromatic heterocycles. The van der Waals surface area contributed by atoms with Crippen LogP contribution in [0.4, 0.5) is 0 Å². The second-order valence-corrected chi connectivity index (χ2v) is 8.69. The normalized spacial score (nSPS) is 37.2. The number of rotatable bonds is 10. The highest BCUT2D eigenvalue weighted by molar-refractivity contribution is 5.11. The van der Waals surface area contributed by atoms with Crippen molar-refractivity contribution in [3.63, 3.8) is 0 Å². The summed E-state index contributed by atoms with van der Waals surface area (Å²) in [6.45, 7) is 12.2. The molecule has 2 rings (SSSR count). The van der Waals surface area contributed by atoms with E-state index in [0.29, 0.717) is 0 Å². The van der Waals surface area contributed by atoms with E-state index >= 15 is 0 Å². The van der Waals surface area contributed by atoms with Crippen LogP contribution in [0.1, 0.15) is 92.4 Å². The molecule has 0 saturated heterocycles. The zero-order valence-corrected chi connectivity index (χ0v) is 14.8. The molecule has 0 nitrogen and oxygen atoms in total. The van der Waals surface area contributed by atoms with E-state index in [1.807, 2.05) is 0 Å². The molecule has 118 valence electrons. The average molecular weight is 279 g/mol. The molecule has 0 spiro atoms. The number of hydrogen-bond acceptors (Lipinski definition) is 0.